The van der Waals surface area contributed by atoms with Crippen LogP contribution in [0.15, 0.2) is 62.9 Å². The topological polar surface area (TPSA) is 130 Å². The minimum atomic E-state index is -3.75. The Morgan fingerprint density at radius 2 is 1.84 bits per heavy atom. The minimum absolute atomic E-state index is 0.0196. The number of nitrogens with two attached hydrogens (primary N) is 1. The Morgan fingerprint density at radius 3 is 2.55 bits per heavy atom. The van der Waals surface area contributed by atoms with E-state index in [9.17, 15) is 13.2 Å². The van der Waals surface area contributed by atoms with Crippen molar-refractivity contribution in [2.75, 3.05) is 28.3 Å². The lowest BCUT2D eigenvalue weighted by atomic mass is 10.2. The maximum Gasteiger partial charge on any atom is 0.238 e. The molecule has 1 aliphatic heterocycles. The third-order valence-electron chi connectivity index (χ3n) is 4.49. The van der Waals surface area contributed by atoms with Gasteiger partial charge in [-0.15, -0.1) is 11.8 Å². The largest absolute Gasteiger partial charge is 0.339 e. The first-order chi connectivity index (χ1) is 14.7. The van der Waals surface area contributed by atoms with Gasteiger partial charge in [-0.2, -0.15) is 4.98 Å². The molecule has 0 saturated heterocycles. The summed E-state index contributed by atoms with van der Waals surface area (Å²) in [6, 6.07) is 11.7. The molecule has 1 aromatic heterocycles. The van der Waals surface area contributed by atoms with E-state index in [0.29, 0.717) is 27.7 Å². The molecule has 4 N–H and O–H groups in total. The molecule has 0 unspecified atom stereocenters. The molecule has 12 heteroatoms. The fourth-order valence-corrected chi connectivity index (χ4v) is 4.64. The second-order valence-electron chi connectivity index (χ2n) is 6.63. The van der Waals surface area contributed by atoms with Gasteiger partial charge in [0.2, 0.25) is 21.9 Å². The van der Waals surface area contributed by atoms with E-state index in [1.165, 1.54) is 23.9 Å². The highest BCUT2D eigenvalue weighted by atomic mass is 79.9. The standard InChI is InChI=1S/C19H17BrN6O3S2/c1-26-15-8-12(4-7-16(15)30-10-17(26)27)23-18-14(20)9-22-19(25-18)24-11-2-5-13(6-3-11)31(21,28)29/h2-9H,10H2,1H3,(H2,21,28,29)(H2,22,23,24,25). The summed E-state index contributed by atoms with van der Waals surface area (Å²) < 4.78 is 23.4. The summed E-state index contributed by atoms with van der Waals surface area (Å²) in [7, 11) is -2.00. The number of halogens is 1. The molecule has 0 saturated carbocycles. The van der Waals surface area contributed by atoms with Gasteiger partial charge >= 0.3 is 0 Å². The second-order valence-corrected chi connectivity index (χ2v) is 10.1. The molecule has 2 aromatic carbocycles. The molecule has 0 bridgehead atoms. The summed E-state index contributed by atoms with van der Waals surface area (Å²) in [6.45, 7) is 0. The summed E-state index contributed by atoms with van der Waals surface area (Å²) in [5, 5.41) is 11.4. The molecule has 9 nitrogen and oxygen atoms in total. The van der Waals surface area contributed by atoms with Gasteiger partial charge < -0.3 is 15.5 Å². The fraction of sp³-hybridized carbons (Fsp3) is 0.105. The van der Waals surface area contributed by atoms with Crippen molar-refractivity contribution in [3.05, 3.63) is 53.1 Å². The number of hydrogen-bond donors (Lipinski definition) is 3. The SMILES string of the molecule is CN1C(=O)CSc2ccc(Nc3nc(Nc4ccc(S(N)(=O)=O)cc4)ncc3Br)cc21. The summed E-state index contributed by atoms with van der Waals surface area (Å²) >= 11 is 4.95. The van der Waals surface area contributed by atoms with Gasteiger partial charge in [0, 0.05) is 29.5 Å². The van der Waals surface area contributed by atoms with Crippen molar-refractivity contribution in [2.24, 2.45) is 5.14 Å². The van der Waals surface area contributed by atoms with Crippen LogP contribution in [-0.4, -0.2) is 37.1 Å². The fourth-order valence-electron chi connectivity index (χ4n) is 2.86. The number of nitrogens with zero attached hydrogens (tertiary/aromatic N) is 3. The first-order valence-electron chi connectivity index (χ1n) is 8.93. The number of carbonyl (C=O) groups excluding carboxylic acids is 1. The summed E-state index contributed by atoms with van der Waals surface area (Å²) in [5.41, 5.74) is 2.21. The number of rotatable bonds is 5. The van der Waals surface area contributed by atoms with Crippen LogP contribution < -0.4 is 20.7 Å². The number of amides is 1. The summed E-state index contributed by atoms with van der Waals surface area (Å²) in [6.07, 6.45) is 1.60. The average Bonchev–Trinajstić information content (AvgIpc) is 2.73. The van der Waals surface area contributed by atoms with Crippen molar-refractivity contribution in [1.29, 1.82) is 0 Å². The highest BCUT2D eigenvalue weighted by molar-refractivity contribution is 9.10. The van der Waals surface area contributed by atoms with Crippen LogP contribution in [-0.2, 0) is 14.8 Å². The van der Waals surface area contributed by atoms with Crippen LogP contribution in [0.1, 0.15) is 0 Å². The molecular formula is C19H17BrN6O3S2. The van der Waals surface area contributed by atoms with E-state index in [1.54, 1.807) is 30.3 Å². The monoisotopic (exact) mass is 520 g/mol. The number of sulfonamides is 1. The van der Waals surface area contributed by atoms with Crippen molar-refractivity contribution < 1.29 is 13.2 Å². The zero-order valence-corrected chi connectivity index (χ0v) is 19.4. The number of carbonyl (C=O) groups is 1. The van der Waals surface area contributed by atoms with Crippen molar-refractivity contribution in [1.82, 2.24) is 9.97 Å². The lowest BCUT2D eigenvalue weighted by molar-refractivity contribution is -0.116. The molecule has 1 amide bonds. The van der Waals surface area contributed by atoms with Crippen molar-refractivity contribution >= 4 is 72.5 Å². The maximum absolute atomic E-state index is 12.0. The van der Waals surface area contributed by atoms with Gasteiger partial charge in [-0.3, -0.25) is 4.79 Å². The number of thioether (sulfide) groups is 1. The number of hydrogen-bond acceptors (Lipinski definition) is 8. The Hall–Kier alpha value is -2.67. The van der Waals surface area contributed by atoms with Gasteiger partial charge in [-0.1, -0.05) is 0 Å². The molecule has 1 aliphatic rings. The predicted octanol–water partition coefficient (Wildman–Crippen LogP) is 3.44. The van der Waals surface area contributed by atoms with Crippen LogP contribution in [0, 0.1) is 0 Å². The molecule has 160 valence electrons. The van der Waals surface area contributed by atoms with Crippen molar-refractivity contribution in [3.8, 4) is 0 Å². The van der Waals surface area contributed by atoms with Crippen LogP contribution >= 0.6 is 27.7 Å². The molecule has 0 spiro atoms. The highest BCUT2D eigenvalue weighted by Crippen LogP contribution is 2.37. The number of anilines is 5. The normalized spacial score (nSPS) is 13.6. The Morgan fingerprint density at radius 1 is 1.13 bits per heavy atom. The van der Waals surface area contributed by atoms with Crippen molar-refractivity contribution in [3.63, 3.8) is 0 Å². The predicted molar refractivity (Wildman–Crippen MR) is 125 cm³/mol. The summed E-state index contributed by atoms with van der Waals surface area (Å²) in [4.78, 5) is 23.4. The van der Waals surface area contributed by atoms with Crippen LogP contribution in [0.4, 0.5) is 28.8 Å². The highest BCUT2D eigenvalue weighted by Gasteiger charge is 2.21. The Balaban J connectivity index is 1.55. The van der Waals surface area contributed by atoms with Gasteiger partial charge in [-0.05, 0) is 58.4 Å². The Bertz CT molecular complexity index is 1270. The van der Waals surface area contributed by atoms with Gasteiger partial charge in [0.15, 0.2) is 0 Å². The lowest BCUT2D eigenvalue weighted by Gasteiger charge is -2.25. The van der Waals surface area contributed by atoms with Crippen molar-refractivity contribution in [2.45, 2.75) is 9.79 Å². The van der Waals surface area contributed by atoms with Gasteiger partial charge in [0.25, 0.3) is 0 Å². The maximum atomic E-state index is 12.0. The van der Waals surface area contributed by atoms with E-state index in [4.69, 9.17) is 5.14 Å². The quantitative estimate of drug-likeness (QED) is 0.466. The lowest BCUT2D eigenvalue weighted by Crippen LogP contribution is -2.31. The van der Waals surface area contributed by atoms with Gasteiger partial charge in [0.1, 0.15) is 5.82 Å². The third-order valence-corrected chi connectivity index (χ3v) is 7.05. The number of aromatic nitrogens is 2. The first kappa shape index (κ1) is 21.6. The molecular weight excluding hydrogens is 504 g/mol. The smallest absolute Gasteiger partial charge is 0.238 e. The molecule has 2 heterocycles. The molecule has 0 atom stereocenters. The molecule has 31 heavy (non-hydrogen) atoms. The van der Waals surface area contributed by atoms with E-state index in [2.05, 4.69) is 36.5 Å². The Labute approximate surface area is 191 Å². The van der Waals surface area contributed by atoms with Gasteiger partial charge in [-0.25, -0.2) is 18.5 Å². The van der Waals surface area contributed by atoms with E-state index >= 15 is 0 Å². The van der Waals surface area contributed by atoms with E-state index in [-0.39, 0.29) is 10.8 Å². The average molecular weight is 521 g/mol. The molecule has 4 rings (SSSR count). The van der Waals surface area contributed by atoms with E-state index in [1.807, 2.05) is 18.2 Å². The third kappa shape index (κ3) is 4.82. The van der Waals surface area contributed by atoms with E-state index < -0.39 is 10.0 Å². The first-order valence-corrected chi connectivity index (χ1v) is 12.3. The summed E-state index contributed by atoms with van der Waals surface area (Å²) in [5.74, 6) is 1.32. The number of benzene rings is 2. The number of primary sulfonamides is 1. The minimum Gasteiger partial charge on any atom is -0.339 e. The molecule has 0 fully saturated rings. The van der Waals surface area contributed by atoms with Crippen LogP contribution in [0.2, 0.25) is 0 Å². The number of nitrogens with one attached hydrogen (secondary N) is 2. The zero-order chi connectivity index (χ0) is 22.2. The Kier molecular flexibility index (Phi) is 5.88. The van der Waals surface area contributed by atoms with Crippen LogP contribution in [0.25, 0.3) is 0 Å². The second kappa shape index (κ2) is 8.46. The molecule has 3 aromatic rings. The van der Waals surface area contributed by atoms with E-state index in [0.717, 1.165) is 16.3 Å². The number of fused-ring (bicyclic) bond motifs is 1. The van der Waals surface area contributed by atoms with Crippen LogP contribution in [0.3, 0.4) is 0 Å². The molecule has 0 radical (unpaired) electrons. The zero-order valence-electron chi connectivity index (χ0n) is 16.2. The molecule has 0 aliphatic carbocycles. The van der Waals surface area contributed by atoms with Gasteiger partial charge in [0.05, 0.1) is 20.8 Å². The van der Waals surface area contributed by atoms with Crippen LogP contribution in [0.5, 0.6) is 0 Å².